The van der Waals surface area contributed by atoms with E-state index in [1.165, 1.54) is 0 Å². The van der Waals surface area contributed by atoms with E-state index in [0.717, 1.165) is 23.6 Å². The van der Waals surface area contributed by atoms with Gasteiger partial charge in [-0.2, -0.15) is 17.7 Å². The summed E-state index contributed by atoms with van der Waals surface area (Å²) in [6.07, 6.45) is 2.72. The highest BCUT2D eigenvalue weighted by atomic mass is 32.1. The molecular weight excluding hydrogens is 170 g/mol. The van der Waals surface area contributed by atoms with Gasteiger partial charge in [0.2, 0.25) is 0 Å². The van der Waals surface area contributed by atoms with Gasteiger partial charge in [-0.1, -0.05) is 6.07 Å². The lowest BCUT2D eigenvalue weighted by Crippen LogP contribution is -1.89. The topological polar surface area (TPSA) is 30.2 Å². The Balaban J connectivity index is 2.47. The summed E-state index contributed by atoms with van der Waals surface area (Å²) in [5, 5.41) is 4.26. The molecule has 0 aliphatic heterocycles. The predicted molar refractivity (Wildman–Crippen MR) is 50.5 cm³/mol. The van der Waals surface area contributed by atoms with Crippen molar-refractivity contribution in [1.29, 1.82) is 0 Å². The van der Waals surface area contributed by atoms with E-state index in [1.54, 1.807) is 4.52 Å². The van der Waals surface area contributed by atoms with Crippen molar-refractivity contribution in [2.75, 3.05) is 5.75 Å². The quantitative estimate of drug-likeness (QED) is 0.702. The summed E-state index contributed by atoms with van der Waals surface area (Å²) in [5.41, 5.74) is 0.897. The molecule has 2 aromatic rings. The van der Waals surface area contributed by atoms with Crippen molar-refractivity contribution in [2.45, 2.75) is 6.42 Å². The van der Waals surface area contributed by atoms with Crippen molar-refractivity contribution >= 4 is 18.3 Å². The Hall–Kier alpha value is -1.03. The number of pyridine rings is 1. The Labute approximate surface area is 75.8 Å². The minimum atomic E-state index is 0.789. The van der Waals surface area contributed by atoms with Crippen LogP contribution in [0.15, 0.2) is 24.4 Å². The second kappa shape index (κ2) is 3.15. The van der Waals surface area contributed by atoms with E-state index in [2.05, 4.69) is 22.7 Å². The molecule has 62 valence electrons. The Morgan fingerprint density at radius 3 is 3.08 bits per heavy atom. The summed E-state index contributed by atoms with van der Waals surface area (Å²) < 4.78 is 1.78. The number of thiol groups is 1. The molecule has 0 unspecified atom stereocenters. The third-order valence-electron chi connectivity index (χ3n) is 1.62. The second-order valence-corrected chi connectivity index (χ2v) is 2.95. The lowest BCUT2D eigenvalue weighted by Gasteiger charge is -1.85. The third-order valence-corrected chi connectivity index (χ3v) is 1.84. The number of hydrogen-bond acceptors (Lipinski definition) is 3. The summed E-state index contributed by atoms with van der Waals surface area (Å²) in [7, 11) is 0. The van der Waals surface area contributed by atoms with Gasteiger partial charge < -0.3 is 0 Å². The molecule has 0 aliphatic rings. The highest BCUT2D eigenvalue weighted by Gasteiger charge is 1.99. The highest BCUT2D eigenvalue weighted by molar-refractivity contribution is 7.80. The monoisotopic (exact) mass is 179 g/mol. The average Bonchev–Trinajstić information content (AvgIpc) is 2.47. The lowest BCUT2D eigenvalue weighted by molar-refractivity contribution is 0.891. The molecule has 0 radical (unpaired) electrons. The fourth-order valence-corrected chi connectivity index (χ4v) is 1.28. The summed E-state index contributed by atoms with van der Waals surface area (Å²) in [6.45, 7) is 0. The first kappa shape index (κ1) is 7.61. The Kier molecular flexibility index (Phi) is 1.99. The first-order chi connectivity index (χ1) is 5.90. The molecule has 0 amide bonds. The van der Waals surface area contributed by atoms with Gasteiger partial charge in [0.1, 0.15) is 0 Å². The summed E-state index contributed by atoms with van der Waals surface area (Å²) in [4.78, 5) is 4.31. The van der Waals surface area contributed by atoms with Gasteiger partial charge in [0, 0.05) is 12.6 Å². The number of fused-ring (bicyclic) bond motifs is 1. The zero-order valence-electron chi connectivity index (χ0n) is 6.51. The fraction of sp³-hybridized carbons (Fsp3) is 0.250. The van der Waals surface area contributed by atoms with Crippen LogP contribution in [0.1, 0.15) is 5.82 Å². The van der Waals surface area contributed by atoms with Crippen molar-refractivity contribution < 1.29 is 0 Å². The molecule has 0 atom stereocenters. The molecule has 0 fully saturated rings. The maximum Gasteiger partial charge on any atom is 0.155 e. The van der Waals surface area contributed by atoms with Gasteiger partial charge in [0.25, 0.3) is 0 Å². The molecule has 0 aromatic carbocycles. The molecule has 0 N–H and O–H groups in total. The van der Waals surface area contributed by atoms with Gasteiger partial charge in [-0.3, -0.25) is 0 Å². The Bertz CT molecular complexity index is 349. The van der Waals surface area contributed by atoms with Crippen molar-refractivity contribution in [3.63, 3.8) is 0 Å². The zero-order chi connectivity index (χ0) is 8.39. The van der Waals surface area contributed by atoms with Gasteiger partial charge in [0.05, 0.1) is 0 Å². The van der Waals surface area contributed by atoms with Crippen LogP contribution in [0, 0.1) is 0 Å². The van der Waals surface area contributed by atoms with Crippen LogP contribution in [0.4, 0.5) is 0 Å². The van der Waals surface area contributed by atoms with Crippen molar-refractivity contribution in [1.82, 2.24) is 14.6 Å². The molecular formula is C8H9N3S. The lowest BCUT2D eigenvalue weighted by atomic mass is 10.4. The van der Waals surface area contributed by atoms with Crippen molar-refractivity contribution in [3.8, 4) is 0 Å². The molecule has 0 saturated carbocycles. The summed E-state index contributed by atoms with van der Waals surface area (Å²) >= 11 is 4.12. The SMILES string of the molecule is SCCc1nc2ccccn2n1. The molecule has 2 rings (SSSR count). The number of nitrogens with zero attached hydrogens (tertiary/aromatic N) is 3. The van der Waals surface area contributed by atoms with E-state index in [1.807, 2.05) is 24.4 Å². The fourth-order valence-electron chi connectivity index (χ4n) is 1.08. The van der Waals surface area contributed by atoms with E-state index >= 15 is 0 Å². The van der Waals surface area contributed by atoms with Crippen LogP contribution < -0.4 is 0 Å². The van der Waals surface area contributed by atoms with Crippen LogP contribution in [-0.2, 0) is 6.42 Å². The average molecular weight is 179 g/mol. The second-order valence-electron chi connectivity index (χ2n) is 2.51. The molecule has 3 nitrogen and oxygen atoms in total. The number of aromatic nitrogens is 3. The Morgan fingerprint density at radius 1 is 1.42 bits per heavy atom. The molecule has 0 bridgehead atoms. The first-order valence-corrected chi connectivity index (χ1v) is 4.44. The molecule has 0 saturated heterocycles. The Morgan fingerprint density at radius 2 is 2.33 bits per heavy atom. The van der Waals surface area contributed by atoms with Gasteiger partial charge in [0.15, 0.2) is 11.5 Å². The largest absolute Gasteiger partial charge is 0.221 e. The number of hydrogen-bond donors (Lipinski definition) is 1. The molecule has 0 aliphatic carbocycles. The summed E-state index contributed by atoms with van der Waals surface area (Å²) in [5.74, 6) is 1.65. The maximum atomic E-state index is 4.31. The minimum absolute atomic E-state index is 0.789. The number of aryl methyl sites for hydroxylation is 1. The van der Waals surface area contributed by atoms with E-state index in [9.17, 15) is 0 Å². The smallest absolute Gasteiger partial charge is 0.155 e. The van der Waals surface area contributed by atoms with Gasteiger partial charge in [-0.15, -0.1) is 0 Å². The van der Waals surface area contributed by atoms with Crippen LogP contribution in [0.2, 0.25) is 0 Å². The van der Waals surface area contributed by atoms with Crippen molar-refractivity contribution in [2.24, 2.45) is 0 Å². The number of rotatable bonds is 2. The van der Waals surface area contributed by atoms with Crippen LogP contribution in [-0.4, -0.2) is 20.4 Å². The van der Waals surface area contributed by atoms with Crippen molar-refractivity contribution in [3.05, 3.63) is 30.2 Å². The minimum Gasteiger partial charge on any atom is -0.221 e. The standard InChI is InChI=1S/C8H9N3S/c12-6-4-7-9-8-3-1-2-5-11(8)10-7/h1-3,5,12H,4,6H2. The summed E-state index contributed by atoms with van der Waals surface area (Å²) in [6, 6.07) is 5.83. The predicted octanol–water partition coefficient (Wildman–Crippen LogP) is 1.20. The van der Waals surface area contributed by atoms with Gasteiger partial charge >= 0.3 is 0 Å². The van der Waals surface area contributed by atoms with Gasteiger partial charge in [-0.25, -0.2) is 9.50 Å². The highest BCUT2D eigenvalue weighted by Crippen LogP contribution is 2.00. The van der Waals surface area contributed by atoms with E-state index < -0.39 is 0 Å². The normalized spacial score (nSPS) is 10.8. The first-order valence-electron chi connectivity index (χ1n) is 3.81. The zero-order valence-corrected chi connectivity index (χ0v) is 7.41. The van der Waals surface area contributed by atoms with Crippen LogP contribution in [0.3, 0.4) is 0 Å². The van der Waals surface area contributed by atoms with E-state index in [4.69, 9.17) is 0 Å². The molecule has 2 aromatic heterocycles. The van der Waals surface area contributed by atoms with Crippen LogP contribution in [0.5, 0.6) is 0 Å². The molecule has 0 spiro atoms. The van der Waals surface area contributed by atoms with E-state index in [-0.39, 0.29) is 0 Å². The van der Waals surface area contributed by atoms with Crippen LogP contribution in [0.25, 0.3) is 5.65 Å². The van der Waals surface area contributed by atoms with Gasteiger partial charge in [-0.05, 0) is 17.9 Å². The van der Waals surface area contributed by atoms with Crippen LogP contribution >= 0.6 is 12.6 Å². The van der Waals surface area contributed by atoms with E-state index in [0.29, 0.717) is 0 Å². The molecule has 2 heterocycles. The molecule has 12 heavy (non-hydrogen) atoms. The molecule has 4 heteroatoms. The maximum absolute atomic E-state index is 4.31. The third kappa shape index (κ3) is 1.30.